The summed E-state index contributed by atoms with van der Waals surface area (Å²) in [5.41, 5.74) is 0. The average molecular weight is 202 g/mol. The Hall–Kier alpha value is -0.120. The molecule has 3 heteroatoms. The lowest BCUT2D eigenvalue weighted by molar-refractivity contribution is -0.183. The molecule has 2 rings (SSSR count). The SMILES string of the molecule is CC.OCC1CCC2(CC1)OCCO2. The Bertz CT molecular complexity index is 143. The second kappa shape index (κ2) is 5.69. The lowest BCUT2D eigenvalue weighted by Gasteiger charge is -2.34. The molecule has 1 saturated carbocycles. The van der Waals surface area contributed by atoms with Crippen LogP contribution in [0.15, 0.2) is 0 Å². The Balaban J connectivity index is 0.000000461. The zero-order valence-electron chi connectivity index (χ0n) is 9.29. The quantitative estimate of drug-likeness (QED) is 0.706. The maximum Gasteiger partial charge on any atom is 0.168 e. The van der Waals surface area contributed by atoms with E-state index in [1.54, 1.807) is 0 Å². The highest BCUT2D eigenvalue weighted by Crippen LogP contribution is 2.37. The van der Waals surface area contributed by atoms with Crippen molar-refractivity contribution in [2.24, 2.45) is 5.92 Å². The standard InChI is InChI=1S/C9H16O3.C2H6/c10-7-8-1-3-9(4-2-8)11-5-6-12-9;1-2/h8,10H,1-7H2;1-2H3. The van der Waals surface area contributed by atoms with Crippen LogP contribution in [0.1, 0.15) is 39.5 Å². The molecule has 2 aliphatic rings. The molecule has 1 aliphatic heterocycles. The molecule has 1 heterocycles. The van der Waals surface area contributed by atoms with E-state index in [1.807, 2.05) is 13.8 Å². The molecule has 1 aliphatic carbocycles. The first-order chi connectivity index (χ1) is 6.85. The van der Waals surface area contributed by atoms with Gasteiger partial charge in [-0.1, -0.05) is 13.8 Å². The van der Waals surface area contributed by atoms with Crippen molar-refractivity contribution in [3.05, 3.63) is 0 Å². The highest BCUT2D eigenvalue weighted by Gasteiger charge is 2.39. The molecule has 3 nitrogen and oxygen atoms in total. The van der Waals surface area contributed by atoms with Crippen LogP contribution < -0.4 is 0 Å². The van der Waals surface area contributed by atoms with E-state index < -0.39 is 0 Å². The van der Waals surface area contributed by atoms with Gasteiger partial charge in [0.15, 0.2) is 5.79 Å². The van der Waals surface area contributed by atoms with Crippen LogP contribution in [0, 0.1) is 5.92 Å². The number of aliphatic hydroxyl groups is 1. The Kier molecular flexibility index (Phi) is 4.85. The highest BCUT2D eigenvalue weighted by atomic mass is 16.7. The smallest absolute Gasteiger partial charge is 0.168 e. The van der Waals surface area contributed by atoms with Gasteiger partial charge >= 0.3 is 0 Å². The average Bonchev–Trinajstić information content (AvgIpc) is 2.71. The molecule has 14 heavy (non-hydrogen) atoms. The summed E-state index contributed by atoms with van der Waals surface area (Å²) in [6.07, 6.45) is 3.99. The van der Waals surface area contributed by atoms with Gasteiger partial charge in [-0.05, 0) is 18.8 Å². The molecule has 0 amide bonds. The van der Waals surface area contributed by atoms with E-state index in [0.717, 1.165) is 38.9 Å². The molecule has 1 spiro atoms. The van der Waals surface area contributed by atoms with Gasteiger partial charge in [0.2, 0.25) is 0 Å². The van der Waals surface area contributed by atoms with E-state index in [1.165, 1.54) is 0 Å². The predicted octanol–water partition coefficient (Wildman–Crippen LogP) is 1.94. The van der Waals surface area contributed by atoms with E-state index in [2.05, 4.69) is 0 Å². The fraction of sp³-hybridized carbons (Fsp3) is 1.00. The second-order valence-electron chi connectivity index (χ2n) is 3.73. The molecular weight excluding hydrogens is 180 g/mol. The first-order valence-corrected chi connectivity index (χ1v) is 5.73. The second-order valence-corrected chi connectivity index (χ2v) is 3.73. The minimum absolute atomic E-state index is 0.258. The summed E-state index contributed by atoms with van der Waals surface area (Å²) in [5, 5.41) is 8.94. The van der Waals surface area contributed by atoms with Gasteiger partial charge in [-0.25, -0.2) is 0 Å². The van der Waals surface area contributed by atoms with Crippen molar-refractivity contribution >= 4 is 0 Å². The molecule has 0 radical (unpaired) electrons. The van der Waals surface area contributed by atoms with Crippen molar-refractivity contribution in [3.8, 4) is 0 Å². The highest BCUT2D eigenvalue weighted by molar-refractivity contribution is 4.81. The molecule has 1 saturated heterocycles. The van der Waals surface area contributed by atoms with E-state index in [9.17, 15) is 0 Å². The van der Waals surface area contributed by atoms with Crippen LogP contribution in [-0.2, 0) is 9.47 Å². The fourth-order valence-corrected chi connectivity index (χ4v) is 2.09. The molecule has 84 valence electrons. The van der Waals surface area contributed by atoms with Crippen LogP contribution in [0.2, 0.25) is 0 Å². The Morgan fingerprint density at radius 1 is 1.14 bits per heavy atom. The molecular formula is C11H22O3. The third-order valence-electron chi connectivity index (χ3n) is 2.94. The molecule has 0 aromatic carbocycles. The molecule has 0 aromatic rings. The molecule has 0 aromatic heterocycles. The molecule has 0 atom stereocenters. The molecule has 2 fully saturated rings. The number of rotatable bonds is 1. The maximum atomic E-state index is 8.94. The summed E-state index contributed by atoms with van der Waals surface area (Å²) >= 11 is 0. The third-order valence-corrected chi connectivity index (χ3v) is 2.94. The van der Waals surface area contributed by atoms with Gasteiger partial charge in [-0.2, -0.15) is 0 Å². The van der Waals surface area contributed by atoms with Gasteiger partial charge in [0.05, 0.1) is 13.2 Å². The summed E-state index contributed by atoms with van der Waals surface area (Å²) in [5.74, 6) is 0.217. The zero-order valence-corrected chi connectivity index (χ0v) is 9.29. The summed E-state index contributed by atoms with van der Waals surface area (Å²) < 4.78 is 11.1. The van der Waals surface area contributed by atoms with Gasteiger partial charge in [0.25, 0.3) is 0 Å². The van der Waals surface area contributed by atoms with E-state index in [0.29, 0.717) is 12.5 Å². The Morgan fingerprint density at radius 2 is 1.64 bits per heavy atom. The van der Waals surface area contributed by atoms with Gasteiger partial charge in [0.1, 0.15) is 0 Å². The topological polar surface area (TPSA) is 38.7 Å². The summed E-state index contributed by atoms with van der Waals surface area (Å²) in [4.78, 5) is 0. The van der Waals surface area contributed by atoms with Crippen LogP contribution in [0.25, 0.3) is 0 Å². The van der Waals surface area contributed by atoms with Gasteiger partial charge < -0.3 is 14.6 Å². The van der Waals surface area contributed by atoms with Crippen LogP contribution in [0.5, 0.6) is 0 Å². The van der Waals surface area contributed by atoms with Crippen molar-refractivity contribution in [2.75, 3.05) is 19.8 Å². The van der Waals surface area contributed by atoms with E-state index in [4.69, 9.17) is 14.6 Å². The first kappa shape index (κ1) is 12.0. The summed E-state index contributed by atoms with van der Waals surface area (Å²) in [6, 6.07) is 0. The zero-order chi connectivity index (χ0) is 10.4. The van der Waals surface area contributed by atoms with Gasteiger partial charge in [0, 0.05) is 19.4 Å². The Labute approximate surface area is 86.4 Å². The van der Waals surface area contributed by atoms with Crippen LogP contribution >= 0.6 is 0 Å². The molecule has 0 bridgehead atoms. The van der Waals surface area contributed by atoms with Crippen molar-refractivity contribution < 1.29 is 14.6 Å². The van der Waals surface area contributed by atoms with Gasteiger partial charge in [-0.3, -0.25) is 0 Å². The van der Waals surface area contributed by atoms with Crippen molar-refractivity contribution in [2.45, 2.75) is 45.3 Å². The molecule has 1 N–H and O–H groups in total. The number of hydrogen-bond donors (Lipinski definition) is 1. The minimum atomic E-state index is -0.258. The van der Waals surface area contributed by atoms with E-state index >= 15 is 0 Å². The predicted molar refractivity (Wildman–Crippen MR) is 55.0 cm³/mol. The van der Waals surface area contributed by atoms with Crippen molar-refractivity contribution in [1.82, 2.24) is 0 Å². The number of aliphatic hydroxyl groups excluding tert-OH is 1. The molecule has 0 unspecified atom stereocenters. The van der Waals surface area contributed by atoms with Crippen LogP contribution in [0.4, 0.5) is 0 Å². The van der Waals surface area contributed by atoms with E-state index in [-0.39, 0.29) is 5.79 Å². The lowest BCUT2D eigenvalue weighted by Crippen LogP contribution is -2.35. The maximum absolute atomic E-state index is 8.94. The van der Waals surface area contributed by atoms with Crippen LogP contribution in [0.3, 0.4) is 0 Å². The van der Waals surface area contributed by atoms with Crippen LogP contribution in [-0.4, -0.2) is 30.7 Å². The van der Waals surface area contributed by atoms with Gasteiger partial charge in [-0.15, -0.1) is 0 Å². The summed E-state index contributed by atoms with van der Waals surface area (Å²) in [6.45, 7) is 5.80. The monoisotopic (exact) mass is 202 g/mol. The lowest BCUT2D eigenvalue weighted by atomic mass is 9.86. The third kappa shape index (κ3) is 2.69. The van der Waals surface area contributed by atoms with Crippen molar-refractivity contribution in [3.63, 3.8) is 0 Å². The fourth-order valence-electron chi connectivity index (χ4n) is 2.09. The number of ether oxygens (including phenoxy) is 2. The largest absolute Gasteiger partial charge is 0.396 e. The minimum Gasteiger partial charge on any atom is -0.396 e. The first-order valence-electron chi connectivity index (χ1n) is 5.73. The normalized spacial score (nSPS) is 25.9. The Morgan fingerprint density at radius 3 is 2.07 bits per heavy atom. The van der Waals surface area contributed by atoms with Crippen molar-refractivity contribution in [1.29, 1.82) is 0 Å². The number of hydrogen-bond acceptors (Lipinski definition) is 3. The summed E-state index contributed by atoms with van der Waals surface area (Å²) in [7, 11) is 0.